The van der Waals surface area contributed by atoms with Crippen molar-refractivity contribution in [3.63, 3.8) is 0 Å². The van der Waals surface area contributed by atoms with Crippen LogP contribution in [0.5, 0.6) is 0 Å². The van der Waals surface area contributed by atoms with E-state index >= 15 is 0 Å². The third-order valence-corrected chi connectivity index (χ3v) is 6.31. The van der Waals surface area contributed by atoms with E-state index in [-0.39, 0.29) is 5.91 Å². The van der Waals surface area contributed by atoms with E-state index in [0.29, 0.717) is 30.2 Å². The number of nitrogens with zero attached hydrogens (tertiary/aromatic N) is 4. The fraction of sp³-hybridized carbons (Fsp3) is 0.333. The highest BCUT2D eigenvalue weighted by molar-refractivity contribution is 6.49. The molecule has 1 N–H and O–H groups in total. The number of hydrogen-bond donors (Lipinski definition) is 1. The van der Waals surface area contributed by atoms with Gasteiger partial charge in [0.1, 0.15) is 5.71 Å². The third kappa shape index (κ3) is 4.90. The molecule has 3 fully saturated rings. The van der Waals surface area contributed by atoms with E-state index < -0.39 is 0 Å². The molecule has 2 unspecified atom stereocenters. The van der Waals surface area contributed by atoms with E-state index in [2.05, 4.69) is 37.3 Å². The third-order valence-electron chi connectivity index (χ3n) is 6.31. The van der Waals surface area contributed by atoms with Crippen molar-refractivity contribution < 1.29 is 9.53 Å². The summed E-state index contributed by atoms with van der Waals surface area (Å²) in [7, 11) is 0. The Labute approximate surface area is 199 Å². The zero-order valence-corrected chi connectivity index (χ0v) is 19.6. The van der Waals surface area contributed by atoms with Gasteiger partial charge in [-0.05, 0) is 54.8 Å². The summed E-state index contributed by atoms with van der Waals surface area (Å²) in [6.45, 7) is 7.28. The summed E-state index contributed by atoms with van der Waals surface area (Å²) in [5, 5.41) is 2.91. The van der Waals surface area contributed by atoms with E-state index in [4.69, 9.17) is 4.74 Å². The largest absolute Gasteiger partial charge is 0.372 e. The average molecular weight is 456 g/mol. The Morgan fingerprint density at radius 2 is 1.94 bits per heavy atom. The number of rotatable bonds is 7. The van der Waals surface area contributed by atoms with Gasteiger partial charge >= 0.3 is 0 Å². The summed E-state index contributed by atoms with van der Waals surface area (Å²) in [6, 6.07) is 11.9. The second-order valence-electron chi connectivity index (χ2n) is 8.94. The second-order valence-corrected chi connectivity index (χ2v) is 8.94. The van der Waals surface area contributed by atoms with Crippen LogP contribution in [0.25, 0.3) is 11.1 Å². The number of fused-ring (bicyclic) bond motifs is 2. The van der Waals surface area contributed by atoms with Crippen molar-refractivity contribution in [3.05, 3.63) is 77.9 Å². The van der Waals surface area contributed by atoms with Crippen LogP contribution in [0.3, 0.4) is 0 Å². The number of benzene rings is 1. The molecule has 0 spiro atoms. The van der Waals surface area contributed by atoms with E-state index in [1.54, 1.807) is 18.5 Å². The molecule has 34 heavy (non-hydrogen) atoms. The Morgan fingerprint density at radius 3 is 2.68 bits per heavy atom. The van der Waals surface area contributed by atoms with Crippen molar-refractivity contribution in [2.75, 3.05) is 25.0 Å². The highest BCUT2D eigenvalue weighted by Crippen LogP contribution is 2.29. The Kier molecular flexibility index (Phi) is 6.47. The molecular weight excluding hydrogens is 426 g/mol. The molecule has 0 radical (unpaired) electrons. The van der Waals surface area contributed by atoms with E-state index in [1.807, 2.05) is 44.4 Å². The first-order valence-corrected chi connectivity index (χ1v) is 11.8. The number of ether oxygens (including phenoxy) is 1. The molecule has 7 heteroatoms. The maximum absolute atomic E-state index is 13.1. The molecule has 0 aliphatic carbocycles. The predicted octanol–water partition coefficient (Wildman–Crippen LogP) is 3.87. The predicted molar refractivity (Wildman–Crippen MR) is 133 cm³/mol. The van der Waals surface area contributed by atoms with Gasteiger partial charge in [0.15, 0.2) is 0 Å². The number of aromatic nitrogens is 2. The SMILES string of the molecule is CCN=C(C(=O)Nc1cccnc1)c1cc(-c2cncc(CN3CC4CC(C3)O4)c2)ccc1C. The number of carbonyl (C=O) groups excluding carboxylic acids is 1. The van der Waals surface area contributed by atoms with Gasteiger partial charge in [-0.15, -0.1) is 0 Å². The van der Waals surface area contributed by atoms with Crippen LogP contribution in [0.15, 0.2) is 66.2 Å². The lowest BCUT2D eigenvalue weighted by Crippen LogP contribution is -2.56. The molecule has 3 aliphatic rings. The molecule has 2 atom stereocenters. The first kappa shape index (κ1) is 22.4. The molecule has 7 nitrogen and oxygen atoms in total. The molecule has 1 aromatic carbocycles. The Balaban J connectivity index is 1.39. The van der Waals surface area contributed by atoms with Gasteiger partial charge in [-0.25, -0.2) is 0 Å². The topological polar surface area (TPSA) is 79.7 Å². The van der Waals surface area contributed by atoms with Crippen molar-refractivity contribution in [3.8, 4) is 11.1 Å². The van der Waals surface area contributed by atoms with Gasteiger partial charge < -0.3 is 10.1 Å². The smallest absolute Gasteiger partial charge is 0.274 e. The molecule has 2 bridgehead atoms. The van der Waals surface area contributed by atoms with E-state index in [1.165, 1.54) is 12.0 Å². The first-order valence-electron chi connectivity index (χ1n) is 11.8. The normalized spacial score (nSPS) is 20.0. The lowest BCUT2D eigenvalue weighted by atomic mass is 9.96. The number of aryl methyl sites for hydroxylation is 1. The maximum atomic E-state index is 13.1. The number of carbonyl (C=O) groups is 1. The van der Waals surface area contributed by atoms with Gasteiger partial charge in [0.05, 0.1) is 24.1 Å². The number of amides is 1. The molecule has 174 valence electrons. The fourth-order valence-corrected chi connectivity index (χ4v) is 4.68. The first-order chi connectivity index (χ1) is 16.6. The lowest BCUT2D eigenvalue weighted by molar-refractivity contribution is -0.182. The van der Waals surface area contributed by atoms with Gasteiger partial charge in [-0.1, -0.05) is 12.1 Å². The van der Waals surface area contributed by atoms with Crippen molar-refractivity contribution in [2.24, 2.45) is 4.99 Å². The van der Waals surface area contributed by atoms with Crippen LogP contribution in [0.2, 0.25) is 0 Å². The van der Waals surface area contributed by atoms with Crippen molar-refractivity contribution in [2.45, 2.75) is 39.0 Å². The Bertz CT molecular complexity index is 1190. The van der Waals surface area contributed by atoms with Crippen LogP contribution in [0, 0.1) is 6.92 Å². The van der Waals surface area contributed by atoms with Crippen molar-refractivity contribution in [1.82, 2.24) is 14.9 Å². The van der Waals surface area contributed by atoms with E-state index in [0.717, 1.165) is 41.9 Å². The Morgan fingerprint density at radius 1 is 1.12 bits per heavy atom. The summed E-state index contributed by atoms with van der Waals surface area (Å²) in [4.78, 5) is 28.7. The van der Waals surface area contributed by atoms with Crippen LogP contribution in [0.1, 0.15) is 30.0 Å². The van der Waals surface area contributed by atoms with Crippen LogP contribution in [-0.4, -0.2) is 58.3 Å². The number of anilines is 1. The van der Waals surface area contributed by atoms with Crippen LogP contribution >= 0.6 is 0 Å². The maximum Gasteiger partial charge on any atom is 0.274 e. The molecule has 3 saturated heterocycles. The quantitative estimate of drug-likeness (QED) is 0.547. The molecule has 3 aromatic rings. The van der Waals surface area contributed by atoms with Gasteiger partial charge in [0.25, 0.3) is 5.91 Å². The van der Waals surface area contributed by atoms with Gasteiger partial charge in [0.2, 0.25) is 0 Å². The minimum Gasteiger partial charge on any atom is -0.372 e. The van der Waals surface area contributed by atoms with Crippen LogP contribution in [0.4, 0.5) is 5.69 Å². The molecule has 5 heterocycles. The van der Waals surface area contributed by atoms with Crippen LogP contribution in [-0.2, 0) is 16.1 Å². The zero-order chi connectivity index (χ0) is 23.5. The summed E-state index contributed by atoms with van der Waals surface area (Å²) in [5.74, 6) is -0.243. The summed E-state index contributed by atoms with van der Waals surface area (Å²) >= 11 is 0. The highest BCUT2D eigenvalue weighted by atomic mass is 16.5. The van der Waals surface area contributed by atoms with Crippen LogP contribution < -0.4 is 5.32 Å². The minimum atomic E-state index is -0.243. The molecular formula is C27H29N5O2. The number of piperidine rings is 1. The zero-order valence-electron chi connectivity index (χ0n) is 19.6. The van der Waals surface area contributed by atoms with Gasteiger partial charge in [-0.3, -0.25) is 24.7 Å². The number of pyridine rings is 2. The number of morpholine rings is 1. The number of hydrogen-bond acceptors (Lipinski definition) is 6. The summed E-state index contributed by atoms with van der Waals surface area (Å²) < 4.78 is 5.75. The lowest BCUT2D eigenvalue weighted by Gasteiger charge is -2.47. The van der Waals surface area contributed by atoms with Crippen molar-refractivity contribution in [1.29, 1.82) is 0 Å². The van der Waals surface area contributed by atoms with Crippen molar-refractivity contribution >= 4 is 17.3 Å². The molecule has 3 aliphatic heterocycles. The van der Waals surface area contributed by atoms with E-state index in [9.17, 15) is 4.79 Å². The highest BCUT2D eigenvalue weighted by Gasteiger charge is 2.38. The fourth-order valence-electron chi connectivity index (χ4n) is 4.68. The summed E-state index contributed by atoms with van der Waals surface area (Å²) in [6.07, 6.45) is 9.09. The molecule has 1 amide bonds. The number of nitrogens with one attached hydrogen (secondary N) is 1. The molecule has 6 rings (SSSR count). The average Bonchev–Trinajstić information content (AvgIpc) is 2.83. The second kappa shape index (κ2) is 9.83. The van der Waals surface area contributed by atoms with Gasteiger partial charge in [0, 0.05) is 62.3 Å². The molecule has 2 aromatic heterocycles. The number of aliphatic imine (C=N–C) groups is 1. The Hall–Kier alpha value is -3.42. The van der Waals surface area contributed by atoms with Gasteiger partial charge in [-0.2, -0.15) is 0 Å². The minimum absolute atomic E-state index is 0.243. The standard InChI is InChI=1S/C27H29N5O2/c1-3-30-26(27(33)31-22-5-4-8-28-14-22)25-10-20(7-6-18(25)2)21-9-19(12-29-13-21)15-32-16-23-11-24(17-32)34-23/h4-10,12-14,23-24H,3,11,15-17H2,1-2H3,(H,31,33). The summed E-state index contributed by atoms with van der Waals surface area (Å²) in [5.41, 5.74) is 6.09. The molecule has 0 saturated carbocycles. The monoisotopic (exact) mass is 455 g/mol.